The van der Waals surface area contributed by atoms with Crippen molar-refractivity contribution in [2.75, 3.05) is 13.1 Å². The van der Waals surface area contributed by atoms with Gasteiger partial charge in [0.15, 0.2) is 0 Å². The Balaban J connectivity index is 1.97. The highest BCUT2D eigenvalue weighted by atomic mass is 16.7. The second-order valence-electron chi connectivity index (χ2n) is 5.51. The molecule has 1 atom stereocenters. The van der Waals surface area contributed by atoms with Gasteiger partial charge in [0.25, 0.3) is 11.7 Å². The van der Waals surface area contributed by atoms with E-state index in [9.17, 15) is 14.7 Å². The molecule has 1 aliphatic heterocycles. The Morgan fingerprint density at radius 2 is 2.00 bits per heavy atom. The third kappa shape index (κ3) is 3.37. The average Bonchev–Trinajstić information content (AvgIpc) is 2.36. The molecule has 0 aromatic rings. The molecular weight excluding hydrogens is 250 g/mol. The number of rotatable bonds is 3. The molecule has 2 fully saturated rings. The molecule has 1 aliphatic carbocycles. The van der Waals surface area contributed by atoms with Crippen molar-refractivity contribution in [2.24, 2.45) is 5.92 Å². The maximum Gasteiger partial charge on any atom is 0.508 e. The molecule has 1 saturated heterocycles. The lowest BCUT2D eigenvalue weighted by molar-refractivity contribution is -0.211. The van der Waals surface area contributed by atoms with Crippen LogP contribution in [0.15, 0.2) is 0 Å². The van der Waals surface area contributed by atoms with Gasteiger partial charge in [-0.25, -0.2) is 4.79 Å². The van der Waals surface area contributed by atoms with Crippen LogP contribution in [0.3, 0.4) is 0 Å². The number of piperidine rings is 1. The Kier molecular flexibility index (Phi) is 4.29. The van der Waals surface area contributed by atoms with Crippen LogP contribution in [0.5, 0.6) is 0 Å². The first-order valence-electron chi connectivity index (χ1n) is 6.95. The summed E-state index contributed by atoms with van der Waals surface area (Å²) in [5, 5.41) is 18.6. The van der Waals surface area contributed by atoms with Gasteiger partial charge in [0.1, 0.15) is 0 Å². The summed E-state index contributed by atoms with van der Waals surface area (Å²) in [6.07, 6.45) is 4.79. The molecule has 1 saturated carbocycles. The molecule has 1 heterocycles. The van der Waals surface area contributed by atoms with Crippen molar-refractivity contribution in [2.45, 2.75) is 50.7 Å². The first-order valence-corrected chi connectivity index (χ1v) is 6.95. The highest BCUT2D eigenvalue weighted by Gasteiger charge is 2.46. The van der Waals surface area contributed by atoms with Crippen LogP contribution in [-0.4, -0.2) is 46.1 Å². The number of hydrogen-bond acceptors (Lipinski definition) is 4. The minimum Gasteiger partial charge on any atom is -0.450 e. The number of carbonyl (C=O) groups excluding carboxylic acids is 1. The van der Waals surface area contributed by atoms with Crippen LogP contribution >= 0.6 is 0 Å². The standard InChI is InChI=1S/C13H21NO5/c15-11-13(18,19-12(16)17)7-4-8-14(11)9-10-5-2-1-3-6-10/h10,18H,1-9H2,(H,16,17). The SMILES string of the molecule is O=C(O)OC1(O)CCCN(CC2CCCCC2)C1=O. The summed E-state index contributed by atoms with van der Waals surface area (Å²) in [7, 11) is 0. The van der Waals surface area contributed by atoms with Crippen molar-refractivity contribution >= 4 is 12.1 Å². The van der Waals surface area contributed by atoms with Crippen LogP contribution in [0.1, 0.15) is 44.9 Å². The van der Waals surface area contributed by atoms with Gasteiger partial charge in [0.2, 0.25) is 0 Å². The highest BCUT2D eigenvalue weighted by molar-refractivity contribution is 5.85. The molecule has 2 N–H and O–H groups in total. The molecule has 19 heavy (non-hydrogen) atoms. The lowest BCUT2D eigenvalue weighted by Gasteiger charge is -2.38. The fraction of sp³-hybridized carbons (Fsp3) is 0.846. The van der Waals surface area contributed by atoms with Gasteiger partial charge in [0.05, 0.1) is 0 Å². The zero-order valence-corrected chi connectivity index (χ0v) is 11.0. The molecule has 108 valence electrons. The zero-order chi connectivity index (χ0) is 13.9. The van der Waals surface area contributed by atoms with E-state index in [2.05, 4.69) is 4.74 Å². The van der Waals surface area contributed by atoms with Crippen molar-refractivity contribution in [1.82, 2.24) is 4.90 Å². The van der Waals surface area contributed by atoms with Gasteiger partial charge in [0, 0.05) is 19.5 Å². The molecule has 6 nitrogen and oxygen atoms in total. The van der Waals surface area contributed by atoms with Crippen molar-refractivity contribution in [3.63, 3.8) is 0 Å². The van der Waals surface area contributed by atoms with Gasteiger partial charge in [-0.1, -0.05) is 19.3 Å². The second-order valence-corrected chi connectivity index (χ2v) is 5.51. The Hall–Kier alpha value is -1.30. The third-order valence-corrected chi connectivity index (χ3v) is 4.02. The molecule has 1 amide bonds. The predicted molar refractivity (Wildman–Crippen MR) is 66.4 cm³/mol. The predicted octanol–water partition coefficient (Wildman–Crippen LogP) is 1.57. The van der Waals surface area contributed by atoms with Gasteiger partial charge in [-0.3, -0.25) is 4.79 Å². The van der Waals surface area contributed by atoms with Crippen LogP contribution < -0.4 is 0 Å². The maximum atomic E-state index is 12.1. The number of likely N-dealkylation sites (tertiary alicyclic amines) is 1. The minimum absolute atomic E-state index is 0.0410. The first kappa shape index (κ1) is 14.1. The summed E-state index contributed by atoms with van der Waals surface area (Å²) < 4.78 is 4.39. The summed E-state index contributed by atoms with van der Waals surface area (Å²) >= 11 is 0. The van der Waals surface area contributed by atoms with E-state index < -0.39 is 17.8 Å². The van der Waals surface area contributed by atoms with Crippen molar-refractivity contribution in [1.29, 1.82) is 0 Å². The summed E-state index contributed by atoms with van der Waals surface area (Å²) in [4.78, 5) is 24.3. The molecule has 0 aromatic carbocycles. The normalized spacial score (nSPS) is 29.3. The van der Waals surface area contributed by atoms with Crippen LogP contribution in [0.4, 0.5) is 4.79 Å². The van der Waals surface area contributed by atoms with Gasteiger partial charge < -0.3 is 19.8 Å². The number of aliphatic hydroxyl groups is 1. The molecule has 2 aliphatic rings. The third-order valence-electron chi connectivity index (χ3n) is 4.02. The Bertz CT molecular complexity index is 353. The lowest BCUT2D eigenvalue weighted by atomic mass is 9.88. The van der Waals surface area contributed by atoms with Gasteiger partial charge >= 0.3 is 6.16 Å². The Morgan fingerprint density at radius 1 is 1.32 bits per heavy atom. The van der Waals surface area contributed by atoms with Crippen molar-refractivity contribution in [3.8, 4) is 0 Å². The smallest absolute Gasteiger partial charge is 0.450 e. The number of carbonyl (C=O) groups is 2. The largest absolute Gasteiger partial charge is 0.508 e. The van der Waals surface area contributed by atoms with E-state index in [1.807, 2.05) is 0 Å². The van der Waals surface area contributed by atoms with E-state index in [1.54, 1.807) is 4.90 Å². The summed E-state index contributed by atoms with van der Waals surface area (Å²) in [5.74, 6) is -2.32. The van der Waals surface area contributed by atoms with E-state index in [0.717, 1.165) is 12.8 Å². The summed E-state index contributed by atoms with van der Waals surface area (Å²) in [5.41, 5.74) is 0. The topological polar surface area (TPSA) is 87.1 Å². The average molecular weight is 271 g/mol. The van der Waals surface area contributed by atoms with Gasteiger partial charge in [-0.15, -0.1) is 0 Å². The summed E-state index contributed by atoms with van der Waals surface area (Å²) in [6, 6.07) is 0. The Morgan fingerprint density at radius 3 is 2.63 bits per heavy atom. The van der Waals surface area contributed by atoms with Crippen molar-refractivity contribution in [3.05, 3.63) is 0 Å². The maximum absolute atomic E-state index is 12.1. The number of carboxylic acid groups (broad SMARTS) is 1. The lowest BCUT2D eigenvalue weighted by Crippen LogP contribution is -2.56. The van der Waals surface area contributed by atoms with E-state index in [-0.39, 0.29) is 6.42 Å². The van der Waals surface area contributed by atoms with E-state index in [4.69, 9.17) is 5.11 Å². The highest BCUT2D eigenvalue weighted by Crippen LogP contribution is 2.29. The van der Waals surface area contributed by atoms with Crippen LogP contribution in [0.25, 0.3) is 0 Å². The van der Waals surface area contributed by atoms with Gasteiger partial charge in [-0.05, 0) is 25.2 Å². The van der Waals surface area contributed by atoms with Crippen molar-refractivity contribution < 1.29 is 24.5 Å². The molecular formula is C13H21NO5. The molecule has 0 spiro atoms. The molecule has 2 rings (SSSR count). The van der Waals surface area contributed by atoms with Crippen LogP contribution in [0.2, 0.25) is 0 Å². The molecule has 0 aromatic heterocycles. The van der Waals surface area contributed by atoms with E-state index in [0.29, 0.717) is 25.4 Å². The fourth-order valence-electron chi connectivity index (χ4n) is 3.06. The van der Waals surface area contributed by atoms with E-state index >= 15 is 0 Å². The monoisotopic (exact) mass is 271 g/mol. The number of nitrogens with zero attached hydrogens (tertiary/aromatic N) is 1. The molecule has 0 radical (unpaired) electrons. The Labute approximate surface area is 112 Å². The molecule has 0 bridgehead atoms. The van der Waals surface area contributed by atoms with Crippen LogP contribution in [-0.2, 0) is 9.53 Å². The second kappa shape index (κ2) is 5.77. The number of hydrogen-bond donors (Lipinski definition) is 2. The minimum atomic E-state index is -2.18. The summed E-state index contributed by atoms with van der Waals surface area (Å²) in [6.45, 7) is 1.17. The zero-order valence-electron chi connectivity index (χ0n) is 11.0. The number of ether oxygens (including phenoxy) is 1. The van der Waals surface area contributed by atoms with Crippen LogP contribution in [0, 0.1) is 5.92 Å². The molecule has 6 heteroatoms. The van der Waals surface area contributed by atoms with Gasteiger partial charge in [-0.2, -0.15) is 0 Å². The number of amides is 1. The molecule has 1 unspecified atom stereocenters. The van der Waals surface area contributed by atoms with E-state index in [1.165, 1.54) is 19.3 Å². The quantitative estimate of drug-likeness (QED) is 0.601. The first-order chi connectivity index (χ1) is 9.01. The fourth-order valence-corrected chi connectivity index (χ4v) is 3.06.